The van der Waals surface area contributed by atoms with Gasteiger partial charge in [0.2, 0.25) is 0 Å². The number of halogens is 1. The van der Waals surface area contributed by atoms with Gasteiger partial charge in [-0.15, -0.1) is 0 Å². The Labute approximate surface area is 205 Å². The molecule has 1 aliphatic heterocycles. The number of piperazine rings is 1. The molecule has 3 heterocycles. The number of fused-ring (bicyclic) bond motifs is 1. The van der Waals surface area contributed by atoms with Gasteiger partial charge in [-0.1, -0.05) is 63.2 Å². The smallest absolute Gasteiger partial charge is 0.272 e. The van der Waals surface area contributed by atoms with Crippen LogP contribution in [0.1, 0.15) is 42.5 Å². The van der Waals surface area contributed by atoms with Crippen molar-refractivity contribution < 1.29 is 9.18 Å². The number of rotatable bonds is 4. The molecule has 0 radical (unpaired) electrons. The number of carbonyl (C=O) groups excluding carboxylic acids is 1. The Morgan fingerprint density at radius 2 is 1.69 bits per heavy atom. The Morgan fingerprint density at radius 3 is 2.37 bits per heavy atom. The molecule has 0 spiro atoms. The molecule has 180 valence electrons. The van der Waals surface area contributed by atoms with Gasteiger partial charge in [0.05, 0.1) is 11.4 Å². The quantitative estimate of drug-likeness (QED) is 0.429. The lowest BCUT2D eigenvalue weighted by Gasteiger charge is -2.34. The highest BCUT2D eigenvalue weighted by Gasteiger charge is 2.26. The fourth-order valence-electron chi connectivity index (χ4n) is 4.42. The van der Waals surface area contributed by atoms with Crippen molar-refractivity contribution in [1.82, 2.24) is 24.4 Å². The number of hydrogen-bond acceptors (Lipinski definition) is 4. The van der Waals surface area contributed by atoms with Crippen LogP contribution in [0.3, 0.4) is 0 Å². The Bertz CT molecular complexity index is 1350. The molecular weight excluding hydrogens is 441 g/mol. The molecule has 4 aromatic rings. The molecule has 0 bridgehead atoms. The molecule has 7 heteroatoms. The average molecular weight is 472 g/mol. The first kappa shape index (κ1) is 23.2. The lowest BCUT2D eigenvalue weighted by atomic mass is 9.93. The van der Waals surface area contributed by atoms with Gasteiger partial charge in [-0.25, -0.2) is 13.9 Å². The van der Waals surface area contributed by atoms with Crippen LogP contribution >= 0.6 is 0 Å². The van der Waals surface area contributed by atoms with Crippen molar-refractivity contribution in [2.24, 2.45) is 0 Å². The maximum absolute atomic E-state index is 14.1. The number of carbonyl (C=O) groups is 1. The van der Waals surface area contributed by atoms with Crippen LogP contribution < -0.4 is 0 Å². The van der Waals surface area contributed by atoms with Gasteiger partial charge in [0.15, 0.2) is 5.65 Å². The molecule has 0 aliphatic carbocycles. The zero-order valence-electron chi connectivity index (χ0n) is 20.4. The highest BCUT2D eigenvalue weighted by molar-refractivity contribution is 5.94. The third kappa shape index (κ3) is 4.95. The van der Waals surface area contributed by atoms with E-state index >= 15 is 0 Å². The van der Waals surface area contributed by atoms with Crippen LogP contribution in [0.15, 0.2) is 66.7 Å². The van der Waals surface area contributed by atoms with Crippen LogP contribution in [0.25, 0.3) is 16.9 Å². The average Bonchev–Trinajstić information content (AvgIpc) is 3.29. The molecule has 0 atom stereocenters. The zero-order valence-corrected chi connectivity index (χ0v) is 20.4. The monoisotopic (exact) mass is 471 g/mol. The third-order valence-corrected chi connectivity index (χ3v) is 6.44. The van der Waals surface area contributed by atoms with Crippen molar-refractivity contribution in [3.05, 3.63) is 89.5 Å². The Balaban J connectivity index is 1.43. The number of benzene rings is 2. The minimum absolute atomic E-state index is 0.108. The minimum atomic E-state index is -0.335. The molecule has 6 nitrogen and oxygen atoms in total. The third-order valence-electron chi connectivity index (χ3n) is 6.44. The predicted octanol–water partition coefficient (Wildman–Crippen LogP) is 4.79. The number of nitrogens with zero attached hydrogens (tertiary/aromatic N) is 5. The van der Waals surface area contributed by atoms with Gasteiger partial charge in [0.1, 0.15) is 11.5 Å². The lowest BCUT2D eigenvalue weighted by Crippen LogP contribution is -2.48. The van der Waals surface area contributed by atoms with E-state index in [9.17, 15) is 9.18 Å². The summed E-state index contributed by atoms with van der Waals surface area (Å²) < 4.78 is 15.8. The summed E-state index contributed by atoms with van der Waals surface area (Å²) in [6.45, 7) is 10.0. The second kappa shape index (κ2) is 9.23. The van der Waals surface area contributed by atoms with Crippen LogP contribution in [0.4, 0.5) is 4.39 Å². The molecule has 1 saturated heterocycles. The standard InChI is InChI=1S/C28H30FN5O/c1-28(2,3)25-18-26-30-23(17-24(34(26)31-25)21-10-7-11-22(29)16-21)27(35)33-14-12-32(13-15-33)19-20-8-5-4-6-9-20/h4-11,16-18H,12-15,19H2,1-3H3. The second-order valence-electron chi connectivity index (χ2n) is 10.1. The van der Waals surface area contributed by atoms with E-state index in [-0.39, 0.29) is 17.1 Å². The van der Waals surface area contributed by atoms with Crippen LogP contribution in [0.5, 0.6) is 0 Å². The SMILES string of the molecule is CC(C)(C)c1cc2nc(C(=O)N3CCN(Cc4ccccc4)CC3)cc(-c3cccc(F)c3)n2n1. The van der Waals surface area contributed by atoms with Crippen molar-refractivity contribution in [3.8, 4) is 11.3 Å². The van der Waals surface area contributed by atoms with Gasteiger partial charge >= 0.3 is 0 Å². The fraction of sp³-hybridized carbons (Fsp3) is 0.321. The van der Waals surface area contributed by atoms with E-state index in [4.69, 9.17) is 5.10 Å². The Hall–Kier alpha value is -3.58. The summed E-state index contributed by atoms with van der Waals surface area (Å²) in [7, 11) is 0. The van der Waals surface area contributed by atoms with Gasteiger partial charge in [0.25, 0.3) is 5.91 Å². The first-order chi connectivity index (χ1) is 16.8. The first-order valence-corrected chi connectivity index (χ1v) is 12.0. The molecule has 1 amide bonds. The van der Waals surface area contributed by atoms with Crippen molar-refractivity contribution in [2.45, 2.75) is 32.7 Å². The van der Waals surface area contributed by atoms with Gasteiger partial charge in [-0.2, -0.15) is 5.10 Å². The second-order valence-corrected chi connectivity index (χ2v) is 10.1. The van der Waals surface area contributed by atoms with E-state index in [0.717, 1.165) is 25.3 Å². The normalized spacial score (nSPS) is 15.0. The van der Waals surface area contributed by atoms with E-state index in [0.29, 0.717) is 35.7 Å². The van der Waals surface area contributed by atoms with Gasteiger partial charge in [-0.3, -0.25) is 9.69 Å². The summed E-state index contributed by atoms with van der Waals surface area (Å²) in [6.07, 6.45) is 0. The van der Waals surface area contributed by atoms with Gasteiger partial charge in [-0.05, 0) is 23.8 Å². The van der Waals surface area contributed by atoms with Crippen molar-refractivity contribution in [3.63, 3.8) is 0 Å². The maximum atomic E-state index is 14.1. The molecule has 2 aromatic carbocycles. The van der Waals surface area contributed by atoms with Crippen molar-refractivity contribution >= 4 is 11.6 Å². The molecule has 1 fully saturated rings. The summed E-state index contributed by atoms with van der Waals surface area (Å²) in [6, 6.07) is 20.4. The number of aromatic nitrogens is 3. The summed E-state index contributed by atoms with van der Waals surface area (Å²) in [4.78, 5) is 22.4. The summed E-state index contributed by atoms with van der Waals surface area (Å²) >= 11 is 0. The summed E-state index contributed by atoms with van der Waals surface area (Å²) in [5.74, 6) is -0.443. The molecule has 2 aromatic heterocycles. The molecule has 0 saturated carbocycles. The van der Waals surface area contributed by atoms with Crippen LogP contribution in [0, 0.1) is 5.82 Å². The number of hydrogen-bond donors (Lipinski definition) is 0. The van der Waals surface area contributed by atoms with Gasteiger partial charge < -0.3 is 4.90 Å². The molecule has 0 unspecified atom stereocenters. The van der Waals surface area contributed by atoms with Crippen molar-refractivity contribution in [2.75, 3.05) is 26.2 Å². The van der Waals surface area contributed by atoms with Crippen LogP contribution in [-0.2, 0) is 12.0 Å². The highest BCUT2D eigenvalue weighted by atomic mass is 19.1. The van der Waals surface area contributed by atoms with Crippen molar-refractivity contribution in [1.29, 1.82) is 0 Å². The highest BCUT2D eigenvalue weighted by Crippen LogP contribution is 2.27. The van der Waals surface area contributed by atoms with Crippen LogP contribution in [0.2, 0.25) is 0 Å². The maximum Gasteiger partial charge on any atom is 0.272 e. The summed E-state index contributed by atoms with van der Waals surface area (Å²) in [5.41, 5.74) is 4.19. The molecule has 1 aliphatic rings. The van der Waals surface area contributed by atoms with Gasteiger partial charge in [0, 0.05) is 49.8 Å². The Morgan fingerprint density at radius 1 is 0.943 bits per heavy atom. The zero-order chi connectivity index (χ0) is 24.6. The first-order valence-electron chi connectivity index (χ1n) is 12.0. The van der Waals surface area contributed by atoms with Crippen LogP contribution in [-0.4, -0.2) is 56.5 Å². The summed E-state index contributed by atoms with van der Waals surface area (Å²) in [5, 5.41) is 4.75. The van der Waals surface area contributed by atoms with E-state index in [1.807, 2.05) is 23.1 Å². The van der Waals surface area contributed by atoms with E-state index < -0.39 is 0 Å². The molecule has 35 heavy (non-hydrogen) atoms. The molecule has 5 rings (SSSR count). The largest absolute Gasteiger partial charge is 0.335 e. The predicted molar refractivity (Wildman–Crippen MR) is 135 cm³/mol. The topological polar surface area (TPSA) is 53.7 Å². The molecular formula is C28H30FN5O. The Kier molecular flexibility index (Phi) is 6.11. The van der Waals surface area contributed by atoms with E-state index in [1.165, 1.54) is 17.7 Å². The lowest BCUT2D eigenvalue weighted by molar-refractivity contribution is 0.0623. The number of amides is 1. The van der Waals surface area contributed by atoms with E-state index in [1.54, 1.807) is 16.6 Å². The molecule has 0 N–H and O–H groups in total. The minimum Gasteiger partial charge on any atom is -0.335 e. The fourth-order valence-corrected chi connectivity index (χ4v) is 4.42. The van der Waals surface area contributed by atoms with E-state index in [2.05, 4.69) is 54.9 Å².